The molecule has 6 nitrogen and oxygen atoms in total. The van der Waals surface area contributed by atoms with E-state index in [0.717, 1.165) is 12.8 Å². The molecule has 22 heavy (non-hydrogen) atoms. The number of benzene rings is 1. The van der Waals surface area contributed by atoms with Gasteiger partial charge in [0.2, 0.25) is 10.0 Å². The maximum absolute atomic E-state index is 12.4. The molecule has 7 heteroatoms. The van der Waals surface area contributed by atoms with Crippen molar-refractivity contribution in [1.29, 1.82) is 0 Å². The maximum Gasteiger partial charge on any atom is 0.319 e. The average Bonchev–Trinajstić information content (AvgIpc) is 3.29. The molecule has 0 atom stereocenters. The number of hydrogen-bond donors (Lipinski definition) is 2. The Morgan fingerprint density at radius 2 is 1.86 bits per heavy atom. The lowest BCUT2D eigenvalue weighted by atomic mass is 10.2. The molecule has 0 unspecified atom stereocenters. The number of carbonyl (C=O) groups is 1. The van der Waals surface area contributed by atoms with Crippen LogP contribution in [0.2, 0.25) is 0 Å². The zero-order valence-electron chi connectivity index (χ0n) is 13.2. The molecule has 1 aliphatic rings. The van der Waals surface area contributed by atoms with Crippen LogP contribution in [-0.4, -0.2) is 38.4 Å². The van der Waals surface area contributed by atoms with Crippen LogP contribution in [0.25, 0.3) is 0 Å². The molecule has 0 radical (unpaired) electrons. The summed E-state index contributed by atoms with van der Waals surface area (Å²) < 4.78 is 26.1. The predicted octanol–water partition coefficient (Wildman–Crippen LogP) is 2.25. The van der Waals surface area contributed by atoms with Crippen LogP contribution in [0.3, 0.4) is 0 Å². The highest BCUT2D eigenvalue weighted by molar-refractivity contribution is 7.89. The molecule has 0 heterocycles. The monoisotopic (exact) mass is 325 g/mol. The van der Waals surface area contributed by atoms with Crippen LogP contribution in [0, 0.1) is 5.92 Å². The summed E-state index contributed by atoms with van der Waals surface area (Å²) in [7, 11) is -1.83. The van der Waals surface area contributed by atoms with Crippen molar-refractivity contribution >= 4 is 21.7 Å². The van der Waals surface area contributed by atoms with Crippen LogP contribution in [0.1, 0.15) is 26.7 Å². The molecule has 1 aliphatic carbocycles. The second kappa shape index (κ2) is 6.66. The number of nitrogens with zero attached hydrogens (tertiary/aromatic N) is 1. The molecule has 1 aromatic carbocycles. The minimum Gasteiger partial charge on any atom is -0.338 e. The van der Waals surface area contributed by atoms with Gasteiger partial charge in [0.15, 0.2) is 0 Å². The molecular weight excluding hydrogens is 302 g/mol. The second-order valence-electron chi connectivity index (χ2n) is 6.01. The third-order valence-corrected chi connectivity index (χ3v) is 5.45. The van der Waals surface area contributed by atoms with E-state index >= 15 is 0 Å². The number of urea groups is 1. The molecule has 0 bridgehead atoms. The van der Waals surface area contributed by atoms with E-state index in [2.05, 4.69) is 10.6 Å². The Balaban J connectivity index is 1.99. The lowest BCUT2D eigenvalue weighted by Gasteiger charge is -2.16. The Bertz CT molecular complexity index is 622. The molecule has 0 spiro atoms. The Labute approximate surface area is 131 Å². The number of anilines is 1. The van der Waals surface area contributed by atoms with E-state index in [-0.39, 0.29) is 17.0 Å². The minimum absolute atomic E-state index is 0.129. The zero-order valence-corrected chi connectivity index (χ0v) is 14.0. The first kappa shape index (κ1) is 16.8. The van der Waals surface area contributed by atoms with Crippen molar-refractivity contribution in [3.63, 3.8) is 0 Å². The van der Waals surface area contributed by atoms with Gasteiger partial charge in [-0.25, -0.2) is 13.2 Å². The fourth-order valence-corrected chi connectivity index (χ4v) is 3.40. The van der Waals surface area contributed by atoms with Gasteiger partial charge in [-0.15, -0.1) is 0 Å². The van der Waals surface area contributed by atoms with Crippen LogP contribution in [-0.2, 0) is 10.0 Å². The summed E-state index contributed by atoms with van der Waals surface area (Å²) in [5.74, 6) is 0.372. The van der Waals surface area contributed by atoms with E-state index in [1.54, 1.807) is 19.2 Å². The second-order valence-corrected chi connectivity index (χ2v) is 8.00. The van der Waals surface area contributed by atoms with Crippen LogP contribution in [0.5, 0.6) is 0 Å². The summed E-state index contributed by atoms with van der Waals surface area (Å²) in [5, 5.41) is 5.42. The normalized spacial score (nSPS) is 15.1. The number of rotatable bonds is 6. The molecule has 0 saturated heterocycles. The number of carbonyl (C=O) groups excluding carboxylic acids is 1. The number of nitrogens with one attached hydrogen (secondary N) is 2. The van der Waals surface area contributed by atoms with Crippen molar-refractivity contribution in [2.45, 2.75) is 37.6 Å². The van der Waals surface area contributed by atoms with Gasteiger partial charge in [0.1, 0.15) is 0 Å². The van der Waals surface area contributed by atoms with Crippen molar-refractivity contribution < 1.29 is 13.2 Å². The summed E-state index contributed by atoms with van der Waals surface area (Å²) in [6.45, 7) is 4.61. The Hall–Kier alpha value is -1.60. The van der Waals surface area contributed by atoms with E-state index in [1.807, 2.05) is 13.8 Å². The highest BCUT2D eigenvalue weighted by Gasteiger charge is 2.34. The molecule has 1 saturated carbocycles. The largest absolute Gasteiger partial charge is 0.338 e. The van der Waals surface area contributed by atoms with E-state index in [9.17, 15) is 13.2 Å². The van der Waals surface area contributed by atoms with Crippen LogP contribution < -0.4 is 10.6 Å². The molecule has 2 N–H and O–H groups in total. The standard InChI is InChI=1S/C15H23N3O3S/c1-11(2)10-16-15(19)17-12-4-8-14(9-5-12)22(20,21)18(3)13-6-7-13/h4-5,8-9,11,13H,6-7,10H2,1-3H3,(H2,16,17,19). The third kappa shape index (κ3) is 4.20. The molecular formula is C15H23N3O3S. The highest BCUT2D eigenvalue weighted by Crippen LogP contribution is 2.30. The van der Waals surface area contributed by atoms with Crippen molar-refractivity contribution in [3.8, 4) is 0 Å². The summed E-state index contributed by atoms with van der Waals surface area (Å²) in [6, 6.07) is 6.08. The Morgan fingerprint density at radius 1 is 1.27 bits per heavy atom. The molecule has 2 rings (SSSR count). The molecule has 0 aliphatic heterocycles. The van der Waals surface area contributed by atoms with Gasteiger partial charge in [0.25, 0.3) is 0 Å². The summed E-state index contributed by atoms with van der Waals surface area (Å²) in [5.41, 5.74) is 0.564. The Morgan fingerprint density at radius 3 is 2.36 bits per heavy atom. The van der Waals surface area contributed by atoms with Gasteiger partial charge in [-0.05, 0) is 43.0 Å². The van der Waals surface area contributed by atoms with Crippen molar-refractivity contribution in [1.82, 2.24) is 9.62 Å². The van der Waals surface area contributed by atoms with Crippen molar-refractivity contribution in [2.24, 2.45) is 5.92 Å². The van der Waals surface area contributed by atoms with Crippen LogP contribution in [0.4, 0.5) is 10.5 Å². The van der Waals surface area contributed by atoms with Crippen LogP contribution >= 0.6 is 0 Å². The van der Waals surface area contributed by atoms with Gasteiger partial charge in [0, 0.05) is 25.3 Å². The van der Waals surface area contributed by atoms with Gasteiger partial charge in [0.05, 0.1) is 4.90 Å². The van der Waals surface area contributed by atoms with Gasteiger partial charge in [-0.1, -0.05) is 13.8 Å². The smallest absolute Gasteiger partial charge is 0.319 e. The topological polar surface area (TPSA) is 78.5 Å². The van der Waals surface area contributed by atoms with E-state index in [1.165, 1.54) is 16.4 Å². The predicted molar refractivity (Wildman–Crippen MR) is 86.3 cm³/mol. The fraction of sp³-hybridized carbons (Fsp3) is 0.533. The lowest BCUT2D eigenvalue weighted by Crippen LogP contribution is -2.31. The summed E-state index contributed by atoms with van der Waals surface area (Å²) in [6.07, 6.45) is 1.84. The van der Waals surface area contributed by atoms with Gasteiger partial charge < -0.3 is 10.6 Å². The van der Waals surface area contributed by atoms with E-state index in [0.29, 0.717) is 18.2 Å². The number of amides is 2. The third-order valence-electron chi connectivity index (χ3n) is 3.52. The summed E-state index contributed by atoms with van der Waals surface area (Å²) >= 11 is 0. The molecule has 2 amide bonds. The number of hydrogen-bond acceptors (Lipinski definition) is 3. The first-order chi connectivity index (χ1) is 10.3. The quantitative estimate of drug-likeness (QED) is 0.842. The Kier molecular flexibility index (Phi) is 5.08. The lowest BCUT2D eigenvalue weighted by molar-refractivity contribution is 0.251. The first-order valence-electron chi connectivity index (χ1n) is 7.43. The molecule has 122 valence electrons. The average molecular weight is 325 g/mol. The minimum atomic E-state index is -3.44. The highest BCUT2D eigenvalue weighted by atomic mass is 32.2. The number of sulfonamides is 1. The van der Waals surface area contributed by atoms with Crippen molar-refractivity contribution in [3.05, 3.63) is 24.3 Å². The van der Waals surface area contributed by atoms with Crippen molar-refractivity contribution in [2.75, 3.05) is 18.9 Å². The maximum atomic E-state index is 12.4. The zero-order chi connectivity index (χ0) is 16.3. The van der Waals surface area contributed by atoms with E-state index < -0.39 is 10.0 Å². The first-order valence-corrected chi connectivity index (χ1v) is 8.87. The van der Waals surface area contributed by atoms with Gasteiger partial charge >= 0.3 is 6.03 Å². The van der Waals surface area contributed by atoms with E-state index in [4.69, 9.17) is 0 Å². The molecule has 1 aromatic rings. The molecule has 0 aromatic heterocycles. The van der Waals surface area contributed by atoms with Gasteiger partial charge in [-0.3, -0.25) is 0 Å². The SMILES string of the molecule is CC(C)CNC(=O)Nc1ccc(S(=O)(=O)N(C)C2CC2)cc1. The van der Waals surface area contributed by atoms with Gasteiger partial charge in [-0.2, -0.15) is 4.31 Å². The molecule has 1 fully saturated rings. The summed E-state index contributed by atoms with van der Waals surface area (Å²) in [4.78, 5) is 11.9. The van der Waals surface area contributed by atoms with Crippen LogP contribution in [0.15, 0.2) is 29.2 Å². The fourth-order valence-electron chi connectivity index (χ4n) is 1.98.